The first-order valence-corrected chi connectivity index (χ1v) is 8.81. The molecule has 0 bridgehead atoms. The summed E-state index contributed by atoms with van der Waals surface area (Å²) >= 11 is 17.9. The van der Waals surface area contributed by atoms with Crippen molar-refractivity contribution in [3.05, 3.63) is 62.6 Å². The quantitative estimate of drug-likeness (QED) is 0.536. The number of nitrogens with zero attached hydrogens (tertiary/aromatic N) is 1. The number of aryl methyl sites for hydroxylation is 1. The first-order chi connectivity index (χ1) is 11.6. The van der Waals surface area contributed by atoms with Crippen LogP contribution < -0.4 is 11.1 Å². The molecule has 2 aromatic rings. The molecule has 26 heavy (non-hydrogen) atoms. The molecule has 0 radical (unpaired) electrons. The molecule has 3 N–H and O–H groups in total. The average Bonchev–Trinajstić information content (AvgIpc) is 2.99. The Labute approximate surface area is 165 Å². The van der Waals surface area contributed by atoms with Crippen molar-refractivity contribution in [3.63, 3.8) is 0 Å². The molecule has 2 nitrogen and oxygen atoms in total. The summed E-state index contributed by atoms with van der Waals surface area (Å²) in [6.07, 6.45) is -4.51. The Bertz CT molecular complexity index is 770. The van der Waals surface area contributed by atoms with Crippen molar-refractivity contribution in [1.82, 2.24) is 6.15 Å². The van der Waals surface area contributed by atoms with Crippen molar-refractivity contribution in [2.75, 3.05) is 18.0 Å². The van der Waals surface area contributed by atoms with E-state index < -0.39 is 11.6 Å². The van der Waals surface area contributed by atoms with Crippen molar-refractivity contribution in [2.45, 2.75) is 24.9 Å². The largest absolute Gasteiger partial charge is 0.400 e. The van der Waals surface area contributed by atoms with E-state index in [2.05, 4.69) is 0 Å². The molecular weight excluding hydrogens is 408 g/mol. The fourth-order valence-corrected chi connectivity index (χ4v) is 3.84. The maximum absolute atomic E-state index is 14.1. The van der Waals surface area contributed by atoms with Gasteiger partial charge in [-0.05, 0) is 43.2 Å². The van der Waals surface area contributed by atoms with Crippen LogP contribution in [0.5, 0.6) is 0 Å². The fourth-order valence-electron chi connectivity index (χ4n) is 3.25. The van der Waals surface area contributed by atoms with Crippen LogP contribution in [0.1, 0.15) is 17.5 Å². The molecule has 1 atom stereocenters. The van der Waals surface area contributed by atoms with E-state index in [1.165, 1.54) is 12.1 Å². The SMILES string of the molecule is Cc1ccc(N2CCC(c3cc(Cl)c(Cl)c(Cl)c3)(C(F)(F)F)C2)cc1.N. The third-order valence-corrected chi connectivity index (χ3v) is 5.94. The number of rotatable bonds is 2. The van der Waals surface area contributed by atoms with Crippen molar-refractivity contribution in [3.8, 4) is 0 Å². The maximum Gasteiger partial charge on any atom is 0.400 e. The van der Waals surface area contributed by atoms with Gasteiger partial charge in [-0.2, -0.15) is 13.2 Å². The van der Waals surface area contributed by atoms with Crippen LogP contribution in [0.25, 0.3) is 0 Å². The summed E-state index contributed by atoms with van der Waals surface area (Å²) in [6.45, 7) is 2.04. The van der Waals surface area contributed by atoms with Gasteiger partial charge in [0.2, 0.25) is 0 Å². The molecule has 1 aliphatic rings. The molecule has 0 spiro atoms. The molecule has 0 aliphatic carbocycles. The zero-order chi connectivity index (χ0) is 18.4. The summed E-state index contributed by atoms with van der Waals surface area (Å²) < 4.78 is 42.2. The zero-order valence-corrected chi connectivity index (χ0v) is 16.3. The van der Waals surface area contributed by atoms with Crippen molar-refractivity contribution in [2.24, 2.45) is 0 Å². The monoisotopic (exact) mass is 424 g/mol. The van der Waals surface area contributed by atoms with Crippen molar-refractivity contribution >= 4 is 40.5 Å². The smallest absolute Gasteiger partial charge is 0.370 e. The molecular formula is C18H18Cl3F3N2. The summed E-state index contributed by atoms with van der Waals surface area (Å²) in [5.74, 6) is 0. The van der Waals surface area contributed by atoms with Gasteiger partial charge in [0.1, 0.15) is 5.41 Å². The molecule has 1 heterocycles. The van der Waals surface area contributed by atoms with E-state index in [1.807, 2.05) is 31.2 Å². The van der Waals surface area contributed by atoms with E-state index in [0.717, 1.165) is 11.3 Å². The average molecular weight is 426 g/mol. The van der Waals surface area contributed by atoms with Gasteiger partial charge in [0.05, 0.1) is 15.1 Å². The van der Waals surface area contributed by atoms with E-state index in [1.54, 1.807) is 4.90 Å². The third-order valence-electron chi connectivity index (χ3n) is 4.75. The topological polar surface area (TPSA) is 38.2 Å². The van der Waals surface area contributed by atoms with Crippen molar-refractivity contribution < 1.29 is 13.2 Å². The standard InChI is InChI=1S/C18H15Cl3F3N.H3N/c1-11-2-4-13(5-3-11)25-7-6-17(10-25,18(22,23)24)12-8-14(19)16(21)15(20)9-12;/h2-5,8-9H,6-7,10H2,1H3;1H3. The minimum atomic E-state index is -4.44. The third kappa shape index (κ3) is 3.63. The number of anilines is 1. The lowest BCUT2D eigenvalue weighted by atomic mass is 9.79. The van der Waals surface area contributed by atoms with Gasteiger partial charge in [-0.15, -0.1) is 0 Å². The number of hydrogen-bond acceptors (Lipinski definition) is 2. The Kier molecular flexibility index (Phi) is 6.08. The van der Waals surface area contributed by atoms with E-state index in [9.17, 15) is 13.2 Å². The van der Waals surface area contributed by atoms with Crippen LogP contribution in [0.4, 0.5) is 18.9 Å². The number of alkyl halides is 3. The highest BCUT2D eigenvalue weighted by Crippen LogP contribution is 2.50. The highest BCUT2D eigenvalue weighted by atomic mass is 35.5. The van der Waals surface area contributed by atoms with Crippen LogP contribution in [0, 0.1) is 6.92 Å². The van der Waals surface area contributed by atoms with Crippen LogP contribution in [0.15, 0.2) is 36.4 Å². The molecule has 142 valence electrons. The Balaban J connectivity index is 0.00000243. The van der Waals surface area contributed by atoms with E-state index >= 15 is 0 Å². The molecule has 1 fully saturated rings. The second-order valence-corrected chi connectivity index (χ2v) is 7.53. The predicted molar refractivity (Wildman–Crippen MR) is 102 cm³/mol. The summed E-state index contributed by atoms with van der Waals surface area (Å²) in [7, 11) is 0. The number of benzene rings is 2. The number of hydrogen-bond donors (Lipinski definition) is 1. The summed E-state index contributed by atoms with van der Waals surface area (Å²) in [5.41, 5.74) is -0.159. The van der Waals surface area contributed by atoms with Crippen LogP contribution >= 0.6 is 34.8 Å². The molecule has 1 unspecified atom stereocenters. The van der Waals surface area contributed by atoms with Crippen LogP contribution in [0.2, 0.25) is 15.1 Å². The Morgan fingerprint density at radius 2 is 1.54 bits per heavy atom. The molecule has 8 heteroatoms. The van der Waals surface area contributed by atoms with Gasteiger partial charge >= 0.3 is 6.18 Å². The van der Waals surface area contributed by atoms with E-state index in [-0.39, 0.29) is 39.7 Å². The van der Waals surface area contributed by atoms with Crippen molar-refractivity contribution in [1.29, 1.82) is 0 Å². The predicted octanol–water partition coefficient (Wildman–Crippen LogP) is 6.83. The lowest BCUT2D eigenvalue weighted by Gasteiger charge is -2.33. The van der Waals surface area contributed by atoms with Gasteiger partial charge in [0.15, 0.2) is 0 Å². The Hall–Kier alpha value is -1.14. The first-order valence-electron chi connectivity index (χ1n) is 7.67. The van der Waals surface area contributed by atoms with Crippen LogP contribution in [-0.2, 0) is 5.41 Å². The van der Waals surface area contributed by atoms with Crippen LogP contribution in [0.3, 0.4) is 0 Å². The molecule has 1 saturated heterocycles. The molecule has 0 aromatic heterocycles. The highest BCUT2D eigenvalue weighted by Gasteiger charge is 2.59. The normalized spacial score (nSPS) is 20.2. The van der Waals surface area contributed by atoms with Gasteiger partial charge in [0, 0.05) is 18.8 Å². The first kappa shape index (κ1) is 21.2. The maximum atomic E-state index is 14.1. The second kappa shape index (κ2) is 7.47. The van der Waals surface area contributed by atoms with E-state index in [4.69, 9.17) is 34.8 Å². The molecule has 0 saturated carbocycles. The van der Waals surface area contributed by atoms with E-state index in [0.29, 0.717) is 6.54 Å². The molecule has 1 aliphatic heterocycles. The summed E-state index contributed by atoms with van der Waals surface area (Å²) in [6, 6.07) is 10.0. The van der Waals surface area contributed by atoms with Crippen LogP contribution in [-0.4, -0.2) is 19.3 Å². The minimum Gasteiger partial charge on any atom is -0.370 e. The zero-order valence-electron chi connectivity index (χ0n) is 14.0. The van der Waals surface area contributed by atoms with Gasteiger partial charge in [-0.3, -0.25) is 0 Å². The van der Waals surface area contributed by atoms with Gasteiger partial charge in [-0.25, -0.2) is 0 Å². The Morgan fingerprint density at radius 3 is 2.04 bits per heavy atom. The summed E-state index contributed by atoms with van der Waals surface area (Å²) in [5, 5.41) is 0.126. The molecule has 2 aromatic carbocycles. The summed E-state index contributed by atoms with van der Waals surface area (Å²) in [4.78, 5) is 1.74. The molecule has 0 amide bonds. The lowest BCUT2D eigenvalue weighted by molar-refractivity contribution is -0.184. The lowest BCUT2D eigenvalue weighted by Crippen LogP contribution is -2.44. The van der Waals surface area contributed by atoms with Gasteiger partial charge < -0.3 is 11.1 Å². The Morgan fingerprint density at radius 1 is 1.00 bits per heavy atom. The van der Waals surface area contributed by atoms with Gasteiger partial charge in [-0.1, -0.05) is 52.5 Å². The number of halogens is 6. The fraction of sp³-hybridized carbons (Fsp3) is 0.333. The highest BCUT2D eigenvalue weighted by molar-refractivity contribution is 6.48. The minimum absolute atomic E-state index is 0. The molecule has 3 rings (SSSR count). The van der Waals surface area contributed by atoms with Gasteiger partial charge in [0.25, 0.3) is 0 Å². The second-order valence-electron chi connectivity index (χ2n) is 6.34.